The van der Waals surface area contributed by atoms with E-state index in [0.717, 1.165) is 5.56 Å². The number of nitrogens with zero attached hydrogens (tertiary/aromatic N) is 3. The maximum absolute atomic E-state index is 12.6. The van der Waals surface area contributed by atoms with Crippen molar-refractivity contribution in [3.8, 4) is 5.75 Å². The lowest BCUT2D eigenvalue weighted by Crippen LogP contribution is -2.51. The van der Waals surface area contributed by atoms with Crippen LogP contribution in [0.2, 0.25) is 0 Å². The average molecular weight is 381 g/mol. The van der Waals surface area contributed by atoms with Crippen molar-refractivity contribution < 1.29 is 14.3 Å². The van der Waals surface area contributed by atoms with Crippen molar-refractivity contribution in [2.24, 2.45) is 16.1 Å². The highest BCUT2D eigenvalue weighted by Gasteiger charge is 2.44. The smallest absolute Gasteiger partial charge is 0.278 e. The van der Waals surface area contributed by atoms with Gasteiger partial charge in [0.2, 0.25) is 5.91 Å². The molecule has 0 fully saturated rings. The van der Waals surface area contributed by atoms with Gasteiger partial charge in [-0.25, -0.2) is 9.98 Å². The first-order valence-electron chi connectivity index (χ1n) is 8.77. The molecule has 1 unspecified atom stereocenters. The maximum atomic E-state index is 12.6. The molecule has 0 spiro atoms. The summed E-state index contributed by atoms with van der Waals surface area (Å²) in [5, 5.41) is 2.81. The number of pyridine rings is 1. The minimum atomic E-state index is -0.773. The second-order valence-corrected chi connectivity index (χ2v) is 7.11. The van der Waals surface area contributed by atoms with E-state index >= 15 is 0 Å². The number of carbonyl (C=O) groups excluding carboxylic acids is 2. The molecule has 2 heterocycles. The van der Waals surface area contributed by atoms with Crippen LogP contribution in [0.1, 0.15) is 35.9 Å². The minimum Gasteiger partial charge on any atom is -0.494 e. The second-order valence-electron chi connectivity index (χ2n) is 7.11. The summed E-state index contributed by atoms with van der Waals surface area (Å²) >= 11 is 0. The number of benzene rings is 1. The summed E-state index contributed by atoms with van der Waals surface area (Å²) < 4.78 is 5.19. The third-order valence-electron chi connectivity index (χ3n) is 4.81. The molecule has 2 amide bonds. The Bertz CT molecular complexity index is 954. The largest absolute Gasteiger partial charge is 0.494 e. The molecular weight excluding hydrogens is 358 g/mol. The Kier molecular flexibility index (Phi) is 5.04. The Hall–Kier alpha value is -3.42. The maximum Gasteiger partial charge on any atom is 0.278 e. The van der Waals surface area contributed by atoms with E-state index in [0.29, 0.717) is 11.4 Å². The van der Waals surface area contributed by atoms with Crippen LogP contribution in [0.5, 0.6) is 5.75 Å². The molecule has 8 heteroatoms. The lowest BCUT2D eigenvalue weighted by molar-refractivity contribution is -0.137. The van der Waals surface area contributed by atoms with Crippen LogP contribution in [0.4, 0.5) is 5.69 Å². The quantitative estimate of drug-likeness (QED) is 0.844. The number of nitrogens with two attached hydrogens (primary N) is 1. The number of methoxy groups -OCH3 is 1. The summed E-state index contributed by atoms with van der Waals surface area (Å²) in [5.74, 6) is 0.0477. The van der Waals surface area contributed by atoms with Crippen LogP contribution in [0, 0.1) is 5.41 Å². The Labute approximate surface area is 163 Å². The van der Waals surface area contributed by atoms with Crippen molar-refractivity contribution in [2.75, 3.05) is 19.5 Å². The number of aliphatic imine (C=N–C) groups is 1. The number of ether oxygens (including phenoxy) is 1. The first-order valence-corrected chi connectivity index (χ1v) is 8.77. The molecule has 1 atom stereocenters. The Morgan fingerprint density at radius 3 is 2.75 bits per heavy atom. The van der Waals surface area contributed by atoms with Crippen molar-refractivity contribution in [3.63, 3.8) is 0 Å². The number of hydrogen-bond donors (Lipinski definition) is 2. The highest BCUT2D eigenvalue weighted by atomic mass is 16.5. The summed E-state index contributed by atoms with van der Waals surface area (Å²) in [6, 6.07) is 10.1. The van der Waals surface area contributed by atoms with Crippen molar-refractivity contribution in [1.82, 2.24) is 9.88 Å². The Balaban J connectivity index is 1.91. The van der Waals surface area contributed by atoms with Crippen molar-refractivity contribution in [3.05, 3.63) is 53.9 Å². The number of amides is 2. The van der Waals surface area contributed by atoms with Crippen LogP contribution in [0.3, 0.4) is 0 Å². The van der Waals surface area contributed by atoms with Crippen molar-refractivity contribution in [1.29, 1.82) is 0 Å². The predicted octanol–water partition coefficient (Wildman–Crippen LogP) is 2.20. The predicted molar refractivity (Wildman–Crippen MR) is 106 cm³/mol. The number of hydrogen-bond acceptors (Lipinski definition) is 6. The molecule has 3 N–H and O–H groups in total. The normalized spacial score (nSPS) is 18.4. The number of nitrogens with one attached hydrogen (secondary N) is 1. The van der Waals surface area contributed by atoms with E-state index in [2.05, 4.69) is 15.3 Å². The van der Waals surface area contributed by atoms with Gasteiger partial charge in [0.25, 0.3) is 5.91 Å². The van der Waals surface area contributed by atoms with E-state index in [-0.39, 0.29) is 17.6 Å². The van der Waals surface area contributed by atoms with E-state index in [9.17, 15) is 9.59 Å². The molecule has 2 aromatic rings. The van der Waals surface area contributed by atoms with Crippen LogP contribution in [-0.4, -0.2) is 41.8 Å². The summed E-state index contributed by atoms with van der Waals surface area (Å²) in [6.07, 6.45) is 1.53. The fourth-order valence-corrected chi connectivity index (χ4v) is 3.23. The lowest BCUT2D eigenvalue weighted by atomic mass is 9.78. The number of carbonyl (C=O) groups is 2. The highest BCUT2D eigenvalue weighted by molar-refractivity contribution is 6.05. The van der Waals surface area contributed by atoms with Gasteiger partial charge in [-0.3, -0.25) is 14.5 Å². The molecule has 28 heavy (non-hydrogen) atoms. The highest BCUT2D eigenvalue weighted by Crippen LogP contribution is 2.41. The lowest BCUT2D eigenvalue weighted by Gasteiger charge is -2.38. The van der Waals surface area contributed by atoms with E-state index in [1.54, 1.807) is 37.4 Å². The van der Waals surface area contributed by atoms with Crippen LogP contribution >= 0.6 is 0 Å². The second kappa shape index (κ2) is 7.30. The van der Waals surface area contributed by atoms with Crippen LogP contribution in [0.15, 0.2) is 47.6 Å². The van der Waals surface area contributed by atoms with Gasteiger partial charge < -0.3 is 15.8 Å². The molecule has 0 aliphatic carbocycles. The van der Waals surface area contributed by atoms with Crippen molar-refractivity contribution in [2.45, 2.75) is 19.9 Å². The molecular formula is C20H23N5O3. The average Bonchev–Trinajstić information content (AvgIpc) is 2.69. The zero-order valence-electron chi connectivity index (χ0n) is 16.3. The molecule has 0 radical (unpaired) electrons. The van der Waals surface area contributed by atoms with Gasteiger partial charge >= 0.3 is 0 Å². The molecule has 1 aliphatic heterocycles. The minimum absolute atomic E-state index is 0.113. The monoisotopic (exact) mass is 381 g/mol. The van der Waals surface area contributed by atoms with Gasteiger partial charge in [0.05, 0.1) is 18.6 Å². The molecule has 0 saturated heterocycles. The first kappa shape index (κ1) is 19.3. The van der Waals surface area contributed by atoms with Crippen LogP contribution in [0.25, 0.3) is 0 Å². The standard InChI is InChI=1S/C20H23N5O3/c1-20(2)16(24-19(21)25(3)18(20)27)12-7-5-8-13(11-12)23-17(26)15-14(28-4)9-6-10-22-15/h5-11,16H,1-4H3,(H2,21,24)(H,23,26). The van der Waals surface area contributed by atoms with Gasteiger partial charge in [0.1, 0.15) is 5.75 Å². The van der Waals surface area contributed by atoms with Crippen LogP contribution in [-0.2, 0) is 4.79 Å². The molecule has 146 valence electrons. The number of rotatable bonds is 4. The fourth-order valence-electron chi connectivity index (χ4n) is 3.23. The molecule has 1 aliphatic rings. The van der Waals surface area contributed by atoms with E-state index < -0.39 is 17.4 Å². The zero-order valence-corrected chi connectivity index (χ0v) is 16.3. The number of guanidine groups is 1. The zero-order chi connectivity index (χ0) is 20.5. The third kappa shape index (κ3) is 3.40. The molecule has 1 aromatic carbocycles. The fraction of sp³-hybridized carbons (Fsp3) is 0.300. The molecule has 1 aromatic heterocycles. The molecule has 0 saturated carbocycles. The Morgan fingerprint density at radius 1 is 1.29 bits per heavy atom. The van der Waals surface area contributed by atoms with Gasteiger partial charge in [-0.1, -0.05) is 12.1 Å². The van der Waals surface area contributed by atoms with E-state index in [4.69, 9.17) is 10.5 Å². The summed E-state index contributed by atoms with van der Waals surface area (Å²) in [7, 11) is 3.09. The molecule has 8 nitrogen and oxygen atoms in total. The van der Waals surface area contributed by atoms with E-state index in [1.807, 2.05) is 19.9 Å². The first-order chi connectivity index (χ1) is 13.3. The van der Waals surface area contributed by atoms with Gasteiger partial charge in [-0.15, -0.1) is 0 Å². The number of aromatic nitrogens is 1. The van der Waals surface area contributed by atoms with Gasteiger partial charge in [0.15, 0.2) is 11.7 Å². The Morgan fingerprint density at radius 2 is 2.04 bits per heavy atom. The molecule has 0 bridgehead atoms. The van der Waals surface area contributed by atoms with E-state index in [1.165, 1.54) is 18.2 Å². The third-order valence-corrected chi connectivity index (χ3v) is 4.81. The van der Waals surface area contributed by atoms with Gasteiger partial charge in [-0.05, 0) is 43.7 Å². The topological polar surface area (TPSA) is 110 Å². The summed E-state index contributed by atoms with van der Waals surface area (Å²) in [6.45, 7) is 3.66. The summed E-state index contributed by atoms with van der Waals surface area (Å²) in [5.41, 5.74) is 6.66. The molecule has 3 rings (SSSR count). The SMILES string of the molecule is COc1cccnc1C(=O)Nc1cccc(C2N=C(N)N(C)C(=O)C2(C)C)c1. The van der Waals surface area contributed by atoms with Crippen LogP contribution < -0.4 is 15.8 Å². The number of anilines is 1. The van der Waals surface area contributed by atoms with Gasteiger partial charge in [0, 0.05) is 18.9 Å². The van der Waals surface area contributed by atoms with Gasteiger partial charge in [-0.2, -0.15) is 0 Å². The summed E-state index contributed by atoms with van der Waals surface area (Å²) in [4.78, 5) is 35.2. The van der Waals surface area contributed by atoms with Crippen molar-refractivity contribution >= 4 is 23.5 Å².